The van der Waals surface area contributed by atoms with E-state index in [-0.39, 0.29) is 18.0 Å². The molecule has 1 aliphatic heterocycles. The van der Waals surface area contributed by atoms with Gasteiger partial charge in [0.25, 0.3) is 5.91 Å². The minimum absolute atomic E-state index is 0.162. The number of halogens is 1. The van der Waals surface area contributed by atoms with Crippen LogP contribution in [0.3, 0.4) is 0 Å². The van der Waals surface area contributed by atoms with Gasteiger partial charge in [-0.1, -0.05) is 24.3 Å². The predicted octanol–water partition coefficient (Wildman–Crippen LogP) is 2.60. The molecule has 1 saturated heterocycles. The fourth-order valence-electron chi connectivity index (χ4n) is 3.51. The molecular formula is C21H25FN2O3. The van der Waals surface area contributed by atoms with E-state index >= 15 is 0 Å². The van der Waals surface area contributed by atoms with E-state index in [1.807, 2.05) is 31.2 Å². The number of likely N-dealkylation sites (tertiary alicyclic amines) is 1. The van der Waals surface area contributed by atoms with Crippen LogP contribution in [0.15, 0.2) is 42.5 Å². The summed E-state index contributed by atoms with van der Waals surface area (Å²) in [4.78, 5) is 14.6. The molecule has 1 amide bonds. The topological polar surface area (TPSA) is 75.8 Å². The number of benzene rings is 2. The van der Waals surface area contributed by atoms with Crippen molar-refractivity contribution in [3.63, 3.8) is 0 Å². The third-order valence-electron chi connectivity index (χ3n) is 4.96. The summed E-state index contributed by atoms with van der Waals surface area (Å²) >= 11 is 0. The zero-order valence-corrected chi connectivity index (χ0v) is 15.5. The summed E-state index contributed by atoms with van der Waals surface area (Å²) in [6.07, 6.45) is 1.07. The molecule has 0 aliphatic carbocycles. The lowest BCUT2D eigenvalue weighted by Crippen LogP contribution is -2.35. The molecule has 3 rings (SSSR count). The minimum atomic E-state index is -1.10. The van der Waals surface area contributed by atoms with Gasteiger partial charge in [0.1, 0.15) is 17.2 Å². The van der Waals surface area contributed by atoms with Crippen molar-refractivity contribution in [3.8, 4) is 5.75 Å². The number of nitrogens with two attached hydrogens (primary N) is 1. The van der Waals surface area contributed by atoms with Crippen molar-refractivity contribution in [3.05, 3.63) is 65.0 Å². The molecule has 2 aromatic rings. The number of β-amino-alcohol motifs (C(OH)–C–C–N with tert-alkyl or cyclic N) is 1. The van der Waals surface area contributed by atoms with Crippen LogP contribution in [-0.4, -0.2) is 42.2 Å². The van der Waals surface area contributed by atoms with Crippen molar-refractivity contribution in [1.82, 2.24) is 4.90 Å². The molecule has 1 atom stereocenters. The molecule has 1 aliphatic rings. The summed E-state index contributed by atoms with van der Waals surface area (Å²) in [5.74, 6) is -0.513. The summed E-state index contributed by atoms with van der Waals surface area (Å²) in [5.41, 5.74) is 6.33. The molecule has 1 heterocycles. The predicted molar refractivity (Wildman–Crippen MR) is 101 cm³/mol. The average molecular weight is 372 g/mol. The maximum atomic E-state index is 13.8. The molecular weight excluding hydrogens is 347 g/mol. The van der Waals surface area contributed by atoms with Gasteiger partial charge in [-0.3, -0.25) is 4.79 Å². The van der Waals surface area contributed by atoms with Gasteiger partial charge in [0.05, 0.1) is 18.7 Å². The number of nitrogens with zero attached hydrogens (tertiary/aromatic N) is 1. The number of hydrogen-bond acceptors (Lipinski definition) is 4. The Bertz CT molecular complexity index is 827. The van der Waals surface area contributed by atoms with Crippen LogP contribution in [0.4, 0.5) is 4.39 Å². The first-order valence-electron chi connectivity index (χ1n) is 9.15. The van der Waals surface area contributed by atoms with Crippen LogP contribution in [-0.2, 0) is 5.60 Å². The number of aliphatic hydroxyl groups is 1. The fraction of sp³-hybridized carbons (Fsp3) is 0.381. The molecule has 3 N–H and O–H groups in total. The van der Waals surface area contributed by atoms with Crippen LogP contribution >= 0.6 is 0 Å². The Morgan fingerprint density at radius 2 is 2.11 bits per heavy atom. The van der Waals surface area contributed by atoms with Crippen LogP contribution in [0, 0.1) is 12.7 Å². The second kappa shape index (κ2) is 8.06. The zero-order valence-electron chi connectivity index (χ0n) is 15.5. The van der Waals surface area contributed by atoms with Crippen molar-refractivity contribution < 1.29 is 19.0 Å². The molecule has 27 heavy (non-hydrogen) atoms. The number of rotatable bonds is 6. The number of carbonyl (C=O) groups is 1. The summed E-state index contributed by atoms with van der Waals surface area (Å²) in [7, 11) is 0. The van der Waals surface area contributed by atoms with Gasteiger partial charge in [0, 0.05) is 6.54 Å². The van der Waals surface area contributed by atoms with E-state index in [4.69, 9.17) is 10.5 Å². The Morgan fingerprint density at radius 3 is 2.85 bits per heavy atom. The first-order valence-corrected chi connectivity index (χ1v) is 9.15. The van der Waals surface area contributed by atoms with Crippen LogP contribution in [0.2, 0.25) is 0 Å². The van der Waals surface area contributed by atoms with Crippen LogP contribution in [0.5, 0.6) is 5.75 Å². The lowest BCUT2D eigenvalue weighted by molar-refractivity contribution is 0.0411. The zero-order chi connectivity index (χ0) is 19.4. The first kappa shape index (κ1) is 19.3. The molecule has 6 heteroatoms. The number of hydrogen-bond donors (Lipinski definition) is 2. The molecule has 0 bridgehead atoms. The van der Waals surface area contributed by atoms with Gasteiger partial charge in [0.2, 0.25) is 0 Å². The first-order chi connectivity index (χ1) is 12.9. The largest absolute Gasteiger partial charge is 0.493 e. The van der Waals surface area contributed by atoms with Crippen molar-refractivity contribution >= 4 is 5.91 Å². The third-order valence-corrected chi connectivity index (χ3v) is 4.96. The second-order valence-corrected chi connectivity index (χ2v) is 6.95. The molecule has 5 nitrogen and oxygen atoms in total. The van der Waals surface area contributed by atoms with E-state index in [1.165, 1.54) is 18.2 Å². The van der Waals surface area contributed by atoms with Crippen LogP contribution < -0.4 is 10.5 Å². The number of amides is 1. The Morgan fingerprint density at radius 1 is 1.33 bits per heavy atom. The van der Waals surface area contributed by atoms with Gasteiger partial charge in [-0.25, -0.2) is 4.39 Å². The Balaban J connectivity index is 1.81. The Hall–Kier alpha value is -2.44. The van der Waals surface area contributed by atoms with Gasteiger partial charge in [-0.05, 0) is 55.6 Å². The van der Waals surface area contributed by atoms with Gasteiger partial charge in [0.15, 0.2) is 0 Å². The van der Waals surface area contributed by atoms with Gasteiger partial charge < -0.3 is 20.5 Å². The smallest absolute Gasteiger partial charge is 0.257 e. The monoisotopic (exact) mass is 372 g/mol. The highest BCUT2D eigenvalue weighted by molar-refractivity contribution is 5.97. The number of ether oxygens (including phenoxy) is 1. The lowest BCUT2D eigenvalue weighted by Gasteiger charge is -2.26. The molecule has 0 aromatic heterocycles. The van der Waals surface area contributed by atoms with Gasteiger partial charge in [-0.15, -0.1) is 0 Å². The minimum Gasteiger partial charge on any atom is -0.493 e. The molecule has 1 unspecified atom stereocenters. The van der Waals surface area contributed by atoms with Gasteiger partial charge >= 0.3 is 0 Å². The fourth-order valence-corrected chi connectivity index (χ4v) is 3.51. The molecule has 0 spiro atoms. The van der Waals surface area contributed by atoms with Crippen molar-refractivity contribution in [2.75, 3.05) is 26.2 Å². The van der Waals surface area contributed by atoms with E-state index in [9.17, 15) is 14.3 Å². The molecule has 0 radical (unpaired) electrons. The van der Waals surface area contributed by atoms with E-state index in [0.29, 0.717) is 38.3 Å². The maximum Gasteiger partial charge on any atom is 0.257 e. The van der Waals surface area contributed by atoms with E-state index in [0.717, 1.165) is 11.1 Å². The van der Waals surface area contributed by atoms with Crippen LogP contribution in [0.25, 0.3) is 0 Å². The Kier molecular flexibility index (Phi) is 5.77. The quantitative estimate of drug-likeness (QED) is 0.765. The SMILES string of the molecule is Cc1ccccc1C1(O)CCN(C(=O)c2cc(F)ccc2OCCCN)C1. The maximum absolute atomic E-state index is 13.8. The van der Waals surface area contributed by atoms with Crippen molar-refractivity contribution in [2.45, 2.75) is 25.4 Å². The molecule has 144 valence electrons. The second-order valence-electron chi connectivity index (χ2n) is 6.95. The summed E-state index contributed by atoms with van der Waals surface area (Å²) in [5, 5.41) is 11.1. The van der Waals surface area contributed by atoms with Crippen molar-refractivity contribution in [2.24, 2.45) is 5.73 Å². The highest BCUT2D eigenvalue weighted by atomic mass is 19.1. The molecule has 2 aromatic carbocycles. The highest BCUT2D eigenvalue weighted by Crippen LogP contribution is 2.35. The van der Waals surface area contributed by atoms with Crippen LogP contribution in [0.1, 0.15) is 34.3 Å². The standard InChI is InChI=1S/C21H25FN2O3/c1-15-5-2-3-6-18(15)21(26)9-11-24(14-21)20(25)17-13-16(22)7-8-19(17)27-12-4-10-23/h2-3,5-8,13,26H,4,9-12,14,23H2,1H3. The molecule has 0 saturated carbocycles. The normalized spacial score (nSPS) is 19.3. The Labute approximate surface area is 158 Å². The summed E-state index contributed by atoms with van der Waals surface area (Å²) in [6, 6.07) is 11.5. The number of carbonyl (C=O) groups excluding carboxylic acids is 1. The van der Waals surface area contributed by atoms with Gasteiger partial charge in [-0.2, -0.15) is 0 Å². The summed E-state index contributed by atoms with van der Waals surface area (Å²) < 4.78 is 19.4. The van der Waals surface area contributed by atoms with Crippen molar-refractivity contribution in [1.29, 1.82) is 0 Å². The third kappa shape index (κ3) is 4.12. The average Bonchev–Trinajstić information content (AvgIpc) is 3.06. The van der Waals surface area contributed by atoms with E-state index in [2.05, 4.69) is 0 Å². The highest BCUT2D eigenvalue weighted by Gasteiger charge is 2.41. The summed E-state index contributed by atoms with van der Waals surface area (Å²) in [6.45, 7) is 3.32. The molecule has 1 fully saturated rings. The van der Waals surface area contributed by atoms with E-state index in [1.54, 1.807) is 4.90 Å². The number of aryl methyl sites for hydroxylation is 1. The lowest BCUT2D eigenvalue weighted by atomic mass is 9.89. The van der Waals surface area contributed by atoms with E-state index < -0.39 is 11.4 Å².